The van der Waals surface area contributed by atoms with Crippen LogP contribution in [0.5, 0.6) is 0 Å². The molecule has 30 heavy (non-hydrogen) atoms. The van der Waals surface area contributed by atoms with Crippen molar-refractivity contribution in [1.29, 1.82) is 0 Å². The molecule has 0 aliphatic carbocycles. The first-order chi connectivity index (χ1) is 14.0. The number of anilines is 1. The van der Waals surface area contributed by atoms with Gasteiger partial charge < -0.3 is 4.74 Å². The third-order valence-corrected chi connectivity index (χ3v) is 6.27. The summed E-state index contributed by atoms with van der Waals surface area (Å²) >= 11 is 4.47. The van der Waals surface area contributed by atoms with Gasteiger partial charge in [-0.15, -0.1) is 12.4 Å². The number of nitrogens with zero attached hydrogens (tertiary/aromatic N) is 3. The van der Waals surface area contributed by atoms with E-state index in [4.69, 9.17) is 4.74 Å². The van der Waals surface area contributed by atoms with Crippen molar-refractivity contribution in [3.63, 3.8) is 0 Å². The predicted molar refractivity (Wildman–Crippen MR) is 120 cm³/mol. The summed E-state index contributed by atoms with van der Waals surface area (Å²) in [5, 5.41) is 0.352. The molecule has 10 heteroatoms. The highest BCUT2D eigenvalue weighted by molar-refractivity contribution is 9.10. The number of ether oxygens (including phenoxy) is 1. The number of carbonyl (C=O) groups is 1. The van der Waals surface area contributed by atoms with Crippen LogP contribution >= 0.6 is 39.7 Å². The van der Waals surface area contributed by atoms with Crippen molar-refractivity contribution >= 4 is 60.9 Å². The number of rotatable bonds is 5. The van der Waals surface area contributed by atoms with Gasteiger partial charge in [-0.25, -0.2) is 13.8 Å². The second-order valence-electron chi connectivity index (χ2n) is 6.65. The first-order valence-corrected chi connectivity index (χ1v) is 10.8. The van der Waals surface area contributed by atoms with Gasteiger partial charge in [-0.3, -0.25) is 14.6 Å². The Morgan fingerprint density at radius 2 is 1.90 bits per heavy atom. The van der Waals surface area contributed by atoms with Crippen LogP contribution in [0.3, 0.4) is 0 Å². The molecule has 5 nitrogen and oxygen atoms in total. The number of aromatic nitrogens is 1. The minimum atomic E-state index is -0.730. The third-order valence-electron chi connectivity index (χ3n) is 4.71. The summed E-state index contributed by atoms with van der Waals surface area (Å²) in [5.41, 5.74) is 0.576. The number of benzene rings is 2. The molecule has 1 saturated heterocycles. The molecule has 0 atom stereocenters. The largest absolute Gasteiger partial charge is 0.379 e. The number of hydrogen-bond donors (Lipinski definition) is 0. The van der Waals surface area contributed by atoms with Gasteiger partial charge in [0.05, 0.1) is 17.9 Å². The molecule has 0 N–H and O–H groups in total. The van der Waals surface area contributed by atoms with E-state index in [-0.39, 0.29) is 23.8 Å². The molecule has 2 aromatic carbocycles. The van der Waals surface area contributed by atoms with Crippen LogP contribution in [0.25, 0.3) is 10.2 Å². The minimum Gasteiger partial charge on any atom is -0.379 e. The summed E-state index contributed by atoms with van der Waals surface area (Å²) in [4.78, 5) is 21.3. The molecule has 160 valence electrons. The SMILES string of the molecule is Cl.O=C(c1ccc(Br)cc1)N(CCN1CCOCC1)c1nc2c(F)cc(F)cc2s1. The summed E-state index contributed by atoms with van der Waals surface area (Å²) in [7, 11) is 0. The van der Waals surface area contributed by atoms with Gasteiger partial charge >= 0.3 is 0 Å². The van der Waals surface area contributed by atoms with Crippen molar-refractivity contribution in [1.82, 2.24) is 9.88 Å². The lowest BCUT2D eigenvalue weighted by Gasteiger charge is -2.29. The molecular weight excluding hydrogens is 500 g/mol. The van der Waals surface area contributed by atoms with Gasteiger partial charge in [-0.1, -0.05) is 27.3 Å². The van der Waals surface area contributed by atoms with Gasteiger partial charge in [-0.05, 0) is 30.3 Å². The quantitative estimate of drug-likeness (QED) is 0.490. The maximum absolute atomic E-state index is 14.1. The van der Waals surface area contributed by atoms with Crippen LogP contribution in [0.2, 0.25) is 0 Å². The van der Waals surface area contributed by atoms with Crippen LogP contribution in [0.15, 0.2) is 40.9 Å². The Kier molecular flexibility index (Phi) is 7.75. The highest BCUT2D eigenvalue weighted by atomic mass is 79.9. The lowest BCUT2D eigenvalue weighted by Crippen LogP contribution is -2.43. The Bertz CT molecular complexity index is 1030. The van der Waals surface area contributed by atoms with E-state index in [0.717, 1.165) is 35.0 Å². The fourth-order valence-electron chi connectivity index (χ4n) is 3.16. The molecule has 0 radical (unpaired) electrons. The number of hydrogen-bond acceptors (Lipinski definition) is 5. The van der Waals surface area contributed by atoms with E-state index in [1.807, 2.05) is 0 Å². The van der Waals surface area contributed by atoms with E-state index in [1.165, 1.54) is 6.07 Å². The lowest BCUT2D eigenvalue weighted by molar-refractivity contribution is 0.0391. The standard InChI is InChI=1S/C20H18BrF2N3O2S.ClH/c21-14-3-1-13(2-4-14)19(27)26(6-5-25-7-9-28-10-8-25)20-24-18-16(23)11-15(22)12-17(18)29-20;/h1-4,11-12H,5-10H2;1H. The number of halogens is 4. The van der Waals surface area contributed by atoms with E-state index in [1.54, 1.807) is 29.2 Å². The zero-order chi connectivity index (χ0) is 20.4. The first-order valence-electron chi connectivity index (χ1n) is 9.14. The Hall–Kier alpha value is -1.65. The monoisotopic (exact) mass is 517 g/mol. The lowest BCUT2D eigenvalue weighted by atomic mass is 10.2. The fraction of sp³-hybridized carbons (Fsp3) is 0.300. The molecule has 4 rings (SSSR count). The highest BCUT2D eigenvalue weighted by Gasteiger charge is 2.24. The maximum Gasteiger partial charge on any atom is 0.260 e. The van der Waals surface area contributed by atoms with E-state index < -0.39 is 11.6 Å². The summed E-state index contributed by atoms with van der Waals surface area (Å²) in [5.74, 6) is -1.62. The summed E-state index contributed by atoms with van der Waals surface area (Å²) in [6.45, 7) is 3.93. The normalized spacial score (nSPS) is 14.5. The topological polar surface area (TPSA) is 45.7 Å². The Balaban J connectivity index is 0.00000256. The van der Waals surface area contributed by atoms with Crippen molar-refractivity contribution in [3.8, 4) is 0 Å². The molecule has 0 saturated carbocycles. The third kappa shape index (κ3) is 5.15. The Labute approximate surface area is 191 Å². The maximum atomic E-state index is 14.1. The van der Waals surface area contributed by atoms with Crippen LogP contribution in [-0.2, 0) is 4.74 Å². The van der Waals surface area contributed by atoms with E-state index in [2.05, 4.69) is 25.8 Å². The molecule has 1 aromatic heterocycles. The molecule has 0 bridgehead atoms. The van der Waals surface area contributed by atoms with Crippen LogP contribution in [0.4, 0.5) is 13.9 Å². The van der Waals surface area contributed by atoms with Crippen molar-refractivity contribution in [2.45, 2.75) is 0 Å². The number of morpholine rings is 1. The van der Waals surface area contributed by atoms with Gasteiger partial charge in [-0.2, -0.15) is 0 Å². The molecule has 2 heterocycles. The average molecular weight is 519 g/mol. The second-order valence-corrected chi connectivity index (χ2v) is 8.57. The van der Waals surface area contributed by atoms with E-state index in [9.17, 15) is 13.6 Å². The van der Waals surface area contributed by atoms with Crippen molar-refractivity contribution in [2.24, 2.45) is 0 Å². The number of amides is 1. The van der Waals surface area contributed by atoms with Crippen LogP contribution < -0.4 is 4.90 Å². The summed E-state index contributed by atoms with van der Waals surface area (Å²) < 4.78 is 34.3. The molecule has 1 amide bonds. The van der Waals surface area contributed by atoms with Crippen molar-refractivity contribution in [2.75, 3.05) is 44.3 Å². The molecular formula is C20H19BrClF2N3O2S. The van der Waals surface area contributed by atoms with Crippen molar-refractivity contribution in [3.05, 3.63) is 58.1 Å². The molecule has 1 fully saturated rings. The number of carbonyl (C=O) groups excluding carboxylic acids is 1. The number of fused-ring (bicyclic) bond motifs is 1. The second kappa shape index (κ2) is 10.1. The Morgan fingerprint density at radius 3 is 2.60 bits per heavy atom. The molecule has 1 aliphatic rings. The molecule has 0 spiro atoms. The van der Waals surface area contributed by atoms with Crippen LogP contribution in [0, 0.1) is 11.6 Å². The van der Waals surface area contributed by atoms with Gasteiger partial charge in [0, 0.05) is 42.3 Å². The molecule has 3 aromatic rings. The van der Waals surface area contributed by atoms with Crippen LogP contribution in [0.1, 0.15) is 10.4 Å². The summed E-state index contributed by atoms with van der Waals surface area (Å²) in [6, 6.07) is 9.08. The van der Waals surface area contributed by atoms with E-state index >= 15 is 0 Å². The van der Waals surface area contributed by atoms with Crippen molar-refractivity contribution < 1.29 is 18.3 Å². The minimum absolute atomic E-state index is 0. The average Bonchev–Trinajstić information content (AvgIpc) is 3.13. The smallest absolute Gasteiger partial charge is 0.260 e. The fourth-order valence-corrected chi connectivity index (χ4v) is 4.45. The zero-order valence-electron chi connectivity index (χ0n) is 15.8. The predicted octanol–water partition coefficient (Wildman–Crippen LogP) is 4.74. The zero-order valence-corrected chi connectivity index (χ0v) is 19.0. The Morgan fingerprint density at radius 1 is 1.20 bits per heavy atom. The summed E-state index contributed by atoms with van der Waals surface area (Å²) in [6.07, 6.45) is 0. The van der Waals surface area contributed by atoms with Gasteiger partial charge in [0.15, 0.2) is 10.9 Å². The molecule has 1 aliphatic heterocycles. The van der Waals surface area contributed by atoms with Gasteiger partial charge in [0.1, 0.15) is 11.3 Å². The van der Waals surface area contributed by atoms with E-state index in [0.29, 0.717) is 41.7 Å². The van der Waals surface area contributed by atoms with Crippen LogP contribution in [-0.4, -0.2) is 55.2 Å². The van der Waals surface area contributed by atoms with Gasteiger partial charge in [0.25, 0.3) is 5.91 Å². The first kappa shape index (κ1) is 23.0. The highest BCUT2D eigenvalue weighted by Crippen LogP contribution is 2.32. The molecule has 0 unspecified atom stereocenters. The number of thiazole rings is 1. The van der Waals surface area contributed by atoms with Gasteiger partial charge in [0.2, 0.25) is 0 Å².